The Balaban J connectivity index is 1.73. The molecule has 1 aromatic rings. The molecule has 0 bridgehead atoms. The second kappa shape index (κ2) is 7.65. The van der Waals surface area contributed by atoms with Crippen molar-refractivity contribution in [1.82, 2.24) is 0 Å². The number of rotatable bonds is 4. The quantitative estimate of drug-likeness (QED) is 0.587. The number of hydrogen-bond donors (Lipinski definition) is 0. The van der Waals surface area contributed by atoms with Crippen LogP contribution in [-0.4, -0.2) is 26.4 Å². The highest BCUT2D eigenvalue weighted by molar-refractivity contribution is 8.09. The zero-order valence-corrected chi connectivity index (χ0v) is 19.3. The molecule has 0 atom stereocenters. The van der Waals surface area contributed by atoms with E-state index < -0.39 is 13.0 Å². The second-order valence-corrected chi connectivity index (χ2v) is 16.2. The van der Waals surface area contributed by atoms with Crippen LogP contribution in [0.2, 0.25) is 0 Å². The minimum Gasteiger partial charge on any atom is -0.328 e. The average Bonchev–Trinajstić information content (AvgIpc) is 2.56. The van der Waals surface area contributed by atoms with Crippen molar-refractivity contribution >= 4 is 36.6 Å². The molecule has 2 fully saturated rings. The Morgan fingerprint density at radius 1 is 0.731 bits per heavy atom. The molecule has 2 aliphatic heterocycles. The molecule has 1 aromatic carbocycles. The molecule has 4 nitrogen and oxygen atoms in total. The third-order valence-electron chi connectivity index (χ3n) is 4.45. The van der Waals surface area contributed by atoms with Gasteiger partial charge in [0.05, 0.1) is 26.4 Å². The molecule has 0 N–H and O–H groups in total. The van der Waals surface area contributed by atoms with Crippen LogP contribution in [0.3, 0.4) is 0 Å². The summed E-state index contributed by atoms with van der Waals surface area (Å²) in [5.74, 6) is 0. The van der Waals surface area contributed by atoms with Crippen molar-refractivity contribution < 1.29 is 18.1 Å². The van der Waals surface area contributed by atoms with Crippen molar-refractivity contribution in [3.8, 4) is 0 Å². The predicted octanol–water partition coefficient (Wildman–Crippen LogP) is 5.45. The van der Waals surface area contributed by atoms with Crippen LogP contribution in [0.4, 0.5) is 0 Å². The van der Waals surface area contributed by atoms with Crippen molar-refractivity contribution in [1.29, 1.82) is 0 Å². The fourth-order valence-corrected chi connectivity index (χ4v) is 8.33. The third kappa shape index (κ3) is 5.46. The summed E-state index contributed by atoms with van der Waals surface area (Å²) < 4.78 is 24.0. The van der Waals surface area contributed by atoms with Gasteiger partial charge in [0, 0.05) is 23.2 Å². The van der Waals surface area contributed by atoms with Crippen molar-refractivity contribution in [3.63, 3.8) is 0 Å². The van der Waals surface area contributed by atoms with Crippen LogP contribution < -0.4 is 0 Å². The molecule has 2 heterocycles. The van der Waals surface area contributed by atoms with E-state index in [4.69, 9.17) is 41.7 Å². The highest BCUT2D eigenvalue weighted by Crippen LogP contribution is 2.59. The minimum absolute atomic E-state index is 0.0224. The first-order valence-corrected chi connectivity index (χ1v) is 14.5. The van der Waals surface area contributed by atoms with Crippen LogP contribution in [0.25, 0.3) is 0 Å². The van der Waals surface area contributed by atoms with Crippen LogP contribution in [0, 0.1) is 10.8 Å². The van der Waals surface area contributed by atoms with E-state index in [-0.39, 0.29) is 10.8 Å². The summed E-state index contributed by atoms with van der Waals surface area (Å²) >= 11 is 11.5. The Kier molecular flexibility index (Phi) is 6.20. The molecule has 0 spiro atoms. The van der Waals surface area contributed by atoms with Gasteiger partial charge >= 0.3 is 0 Å². The molecule has 146 valence electrons. The van der Waals surface area contributed by atoms with E-state index in [0.29, 0.717) is 38.8 Å². The summed E-state index contributed by atoms with van der Waals surface area (Å²) in [6.07, 6.45) is 1.24. The van der Waals surface area contributed by atoms with Gasteiger partial charge in [-0.25, -0.2) is 0 Å². The van der Waals surface area contributed by atoms with Gasteiger partial charge in [-0.2, -0.15) is 0 Å². The molecule has 0 radical (unpaired) electrons. The van der Waals surface area contributed by atoms with Gasteiger partial charge in [0.25, 0.3) is 0 Å². The standard InChI is InChI=1S/C18H28O4P2S2/c1-17(2)11-19-23(25,20-12-17)9-15-7-5-6-8-16(15)10-24(26)21-13-18(3,4)14-22-24/h5-8H,9-14H2,1-4H3. The molecule has 0 unspecified atom stereocenters. The first-order chi connectivity index (χ1) is 12.0. The first kappa shape index (κ1) is 21.1. The molecule has 0 amide bonds. The average molecular weight is 435 g/mol. The van der Waals surface area contributed by atoms with E-state index in [1.807, 2.05) is 12.1 Å². The predicted molar refractivity (Wildman–Crippen MR) is 114 cm³/mol. The first-order valence-electron chi connectivity index (χ1n) is 8.83. The van der Waals surface area contributed by atoms with Crippen LogP contribution >= 0.6 is 13.0 Å². The smallest absolute Gasteiger partial charge is 0.193 e. The van der Waals surface area contributed by atoms with Gasteiger partial charge < -0.3 is 18.1 Å². The molecule has 0 aliphatic carbocycles. The van der Waals surface area contributed by atoms with Gasteiger partial charge in [-0.1, -0.05) is 52.0 Å². The largest absolute Gasteiger partial charge is 0.328 e. The molecule has 26 heavy (non-hydrogen) atoms. The van der Waals surface area contributed by atoms with Crippen LogP contribution in [-0.2, 0) is 54.0 Å². The van der Waals surface area contributed by atoms with E-state index >= 15 is 0 Å². The molecule has 0 saturated carbocycles. The van der Waals surface area contributed by atoms with Crippen molar-refractivity contribution in [2.24, 2.45) is 10.8 Å². The zero-order chi connectivity index (χ0) is 19.1. The highest BCUT2D eigenvalue weighted by atomic mass is 32.5. The summed E-state index contributed by atoms with van der Waals surface area (Å²) in [6.45, 7) is 6.48. The molecule has 3 rings (SSSR count). The van der Waals surface area contributed by atoms with E-state index in [9.17, 15) is 0 Å². The lowest BCUT2D eigenvalue weighted by molar-refractivity contribution is 0.0591. The molecular formula is C18H28O4P2S2. The van der Waals surface area contributed by atoms with E-state index in [1.54, 1.807) is 0 Å². The van der Waals surface area contributed by atoms with E-state index in [1.165, 1.54) is 0 Å². The SMILES string of the molecule is CC1(C)COP(=S)(Cc2ccccc2CP2(=S)OCC(C)(C)CO2)OC1. The summed E-state index contributed by atoms with van der Waals surface area (Å²) in [4.78, 5) is 0. The Labute approximate surface area is 167 Å². The highest BCUT2D eigenvalue weighted by Gasteiger charge is 2.36. The topological polar surface area (TPSA) is 36.9 Å². The maximum absolute atomic E-state index is 6.01. The van der Waals surface area contributed by atoms with Gasteiger partial charge in [0.1, 0.15) is 0 Å². The number of hydrogen-bond acceptors (Lipinski definition) is 6. The van der Waals surface area contributed by atoms with E-state index in [0.717, 1.165) is 11.1 Å². The summed E-state index contributed by atoms with van der Waals surface area (Å²) in [6, 6.07) is 8.22. The normalized spacial score (nSPS) is 26.3. The summed E-state index contributed by atoms with van der Waals surface area (Å²) in [7, 11) is 0. The van der Waals surface area contributed by atoms with Gasteiger partial charge in [-0.05, 0) is 34.7 Å². The Morgan fingerprint density at radius 2 is 1.04 bits per heavy atom. The van der Waals surface area contributed by atoms with Gasteiger partial charge in [-0.3, -0.25) is 0 Å². The van der Waals surface area contributed by atoms with Gasteiger partial charge in [0.2, 0.25) is 0 Å². The Bertz CT molecular complexity index is 672. The molecule has 0 aromatic heterocycles. The number of benzene rings is 1. The second-order valence-electron chi connectivity index (χ2n) is 8.73. The lowest BCUT2D eigenvalue weighted by Crippen LogP contribution is -2.30. The van der Waals surface area contributed by atoms with Crippen LogP contribution in [0.15, 0.2) is 24.3 Å². The minimum atomic E-state index is -2.31. The van der Waals surface area contributed by atoms with Crippen molar-refractivity contribution in [2.45, 2.75) is 40.0 Å². The summed E-state index contributed by atoms with van der Waals surface area (Å²) in [5.41, 5.74) is 2.32. The third-order valence-corrected chi connectivity index (χ3v) is 10.0. The molecule has 2 saturated heterocycles. The lowest BCUT2D eigenvalue weighted by Gasteiger charge is -2.38. The molecule has 8 heteroatoms. The lowest BCUT2D eigenvalue weighted by atomic mass is 9.97. The monoisotopic (exact) mass is 434 g/mol. The molecule has 2 aliphatic rings. The van der Waals surface area contributed by atoms with Crippen LogP contribution in [0.5, 0.6) is 0 Å². The fourth-order valence-electron chi connectivity index (χ4n) is 2.72. The molecular weight excluding hydrogens is 406 g/mol. The Hall–Kier alpha value is 0.360. The zero-order valence-electron chi connectivity index (χ0n) is 15.9. The maximum Gasteiger partial charge on any atom is 0.193 e. The summed E-state index contributed by atoms with van der Waals surface area (Å²) in [5, 5.41) is 0. The maximum atomic E-state index is 6.01. The van der Waals surface area contributed by atoms with E-state index in [2.05, 4.69) is 39.8 Å². The Morgan fingerprint density at radius 3 is 1.35 bits per heavy atom. The fraction of sp³-hybridized carbons (Fsp3) is 0.667. The van der Waals surface area contributed by atoms with Gasteiger partial charge in [-0.15, -0.1) is 0 Å². The van der Waals surface area contributed by atoms with Crippen LogP contribution in [0.1, 0.15) is 38.8 Å². The van der Waals surface area contributed by atoms with Crippen molar-refractivity contribution in [2.75, 3.05) is 26.4 Å². The van der Waals surface area contributed by atoms with Gasteiger partial charge in [0.15, 0.2) is 13.0 Å². The van der Waals surface area contributed by atoms with Crippen molar-refractivity contribution in [3.05, 3.63) is 35.4 Å².